The SMILES string of the molecule is CC1(C)c2ccccc2OP(OP(O)O)Oc2ccccc21. The van der Waals surface area contributed by atoms with Crippen LogP contribution in [0.4, 0.5) is 0 Å². The first-order valence-corrected chi connectivity index (χ1v) is 8.95. The monoisotopic (exact) mass is 338 g/mol. The molecule has 116 valence electrons. The smallest absolute Gasteiger partial charge is 0.417 e. The Hall–Kier alpha value is -1.22. The summed E-state index contributed by atoms with van der Waals surface area (Å²) in [6, 6.07) is 15.2. The normalized spacial score (nSPS) is 16.8. The molecule has 3 rings (SSSR count). The van der Waals surface area contributed by atoms with Crippen molar-refractivity contribution in [2.75, 3.05) is 0 Å². The summed E-state index contributed by atoms with van der Waals surface area (Å²) < 4.78 is 16.5. The van der Waals surface area contributed by atoms with Crippen LogP contribution in [0, 0.1) is 0 Å². The molecule has 2 aromatic carbocycles. The minimum absolute atomic E-state index is 0.322. The van der Waals surface area contributed by atoms with Crippen LogP contribution >= 0.6 is 17.2 Å². The van der Waals surface area contributed by atoms with Gasteiger partial charge in [-0.2, -0.15) is 0 Å². The lowest BCUT2D eigenvalue weighted by atomic mass is 9.77. The van der Waals surface area contributed by atoms with E-state index in [1.54, 1.807) is 0 Å². The van der Waals surface area contributed by atoms with Gasteiger partial charge in [-0.05, 0) is 12.1 Å². The molecule has 2 N–H and O–H groups in total. The van der Waals surface area contributed by atoms with E-state index < -0.39 is 17.2 Å². The third-order valence-electron chi connectivity index (χ3n) is 3.61. The topological polar surface area (TPSA) is 68.2 Å². The van der Waals surface area contributed by atoms with Gasteiger partial charge in [0.05, 0.1) is 0 Å². The molecule has 0 saturated carbocycles. The molecular weight excluding hydrogens is 322 g/mol. The maximum atomic E-state index is 9.12. The third-order valence-corrected chi connectivity index (χ3v) is 5.42. The summed E-state index contributed by atoms with van der Waals surface area (Å²) in [5.41, 5.74) is 1.65. The van der Waals surface area contributed by atoms with Crippen LogP contribution in [0.3, 0.4) is 0 Å². The zero-order chi connectivity index (χ0) is 15.7. The highest BCUT2D eigenvalue weighted by molar-refractivity contribution is 7.55. The van der Waals surface area contributed by atoms with Crippen LogP contribution in [-0.2, 0) is 9.73 Å². The Labute approximate surface area is 131 Å². The van der Waals surface area contributed by atoms with Crippen molar-refractivity contribution in [3.8, 4) is 11.5 Å². The van der Waals surface area contributed by atoms with Gasteiger partial charge in [0.25, 0.3) is 0 Å². The van der Waals surface area contributed by atoms with Crippen LogP contribution in [0.15, 0.2) is 48.5 Å². The molecule has 0 bridgehead atoms. The molecule has 2 aromatic rings. The van der Waals surface area contributed by atoms with Crippen LogP contribution < -0.4 is 9.05 Å². The Kier molecular flexibility index (Phi) is 4.35. The van der Waals surface area contributed by atoms with Gasteiger partial charge < -0.3 is 18.8 Å². The molecule has 0 spiro atoms. The highest BCUT2D eigenvalue weighted by Crippen LogP contribution is 2.55. The summed E-state index contributed by atoms with van der Waals surface area (Å²) >= 11 is 0. The van der Waals surface area contributed by atoms with Crippen LogP contribution in [0.5, 0.6) is 11.5 Å². The van der Waals surface area contributed by atoms with Crippen molar-refractivity contribution in [1.29, 1.82) is 0 Å². The Morgan fingerprint density at radius 2 is 1.36 bits per heavy atom. The number of para-hydroxylation sites is 2. The predicted molar refractivity (Wildman–Crippen MR) is 85.6 cm³/mol. The average Bonchev–Trinajstić information content (AvgIpc) is 2.46. The van der Waals surface area contributed by atoms with Gasteiger partial charge in [0.1, 0.15) is 11.5 Å². The van der Waals surface area contributed by atoms with Crippen molar-refractivity contribution in [1.82, 2.24) is 0 Å². The summed E-state index contributed by atoms with van der Waals surface area (Å²) in [6.07, 6.45) is 0. The molecule has 0 saturated heterocycles. The lowest BCUT2D eigenvalue weighted by Crippen LogP contribution is -2.22. The molecule has 1 heterocycles. The maximum absolute atomic E-state index is 9.12. The molecule has 7 heteroatoms. The number of fused-ring (bicyclic) bond motifs is 2. The van der Waals surface area contributed by atoms with E-state index in [1.807, 2.05) is 48.5 Å². The summed E-state index contributed by atoms with van der Waals surface area (Å²) in [4.78, 5) is 18.2. The van der Waals surface area contributed by atoms with Crippen LogP contribution in [0.25, 0.3) is 0 Å². The van der Waals surface area contributed by atoms with Crippen molar-refractivity contribution in [3.05, 3.63) is 59.7 Å². The first-order valence-electron chi connectivity index (χ1n) is 6.69. The molecule has 0 aliphatic carbocycles. The molecule has 0 amide bonds. The molecule has 1 aliphatic rings. The van der Waals surface area contributed by atoms with Crippen LogP contribution in [-0.4, -0.2) is 9.79 Å². The van der Waals surface area contributed by atoms with E-state index in [9.17, 15) is 0 Å². The quantitative estimate of drug-likeness (QED) is 0.802. The maximum Gasteiger partial charge on any atom is 0.470 e. The fraction of sp³-hybridized carbons (Fsp3) is 0.200. The van der Waals surface area contributed by atoms with Gasteiger partial charge >= 0.3 is 17.2 Å². The van der Waals surface area contributed by atoms with Gasteiger partial charge in [0.2, 0.25) is 0 Å². The number of benzene rings is 2. The second kappa shape index (κ2) is 6.11. The summed E-state index contributed by atoms with van der Waals surface area (Å²) in [5, 5.41) is 0. The highest BCUT2D eigenvalue weighted by atomic mass is 31.2. The molecule has 0 atom stereocenters. The fourth-order valence-electron chi connectivity index (χ4n) is 2.54. The Balaban J connectivity index is 2.14. The van der Waals surface area contributed by atoms with Crippen molar-refractivity contribution in [2.45, 2.75) is 19.3 Å². The number of hydrogen-bond donors (Lipinski definition) is 2. The van der Waals surface area contributed by atoms with Gasteiger partial charge in [-0.15, -0.1) is 0 Å². The Bertz CT molecular complexity index is 623. The van der Waals surface area contributed by atoms with E-state index in [2.05, 4.69) is 13.8 Å². The molecule has 0 fully saturated rings. The predicted octanol–water partition coefficient (Wildman–Crippen LogP) is 4.24. The molecule has 0 aromatic heterocycles. The summed E-state index contributed by atoms with van der Waals surface area (Å²) in [6.45, 7) is 4.19. The summed E-state index contributed by atoms with van der Waals surface area (Å²) in [7, 11) is -4.51. The minimum Gasteiger partial charge on any atom is -0.417 e. The van der Waals surface area contributed by atoms with Gasteiger partial charge in [-0.3, -0.25) is 0 Å². The number of hydrogen-bond acceptors (Lipinski definition) is 5. The lowest BCUT2D eigenvalue weighted by molar-refractivity contribution is 0.325. The third kappa shape index (κ3) is 2.96. The molecular formula is C15H16O5P2. The lowest BCUT2D eigenvalue weighted by Gasteiger charge is -2.33. The summed E-state index contributed by atoms with van der Waals surface area (Å²) in [5.74, 6) is 1.23. The molecule has 5 nitrogen and oxygen atoms in total. The largest absolute Gasteiger partial charge is 0.470 e. The van der Waals surface area contributed by atoms with Gasteiger partial charge in [-0.1, -0.05) is 50.2 Å². The molecule has 1 aliphatic heterocycles. The van der Waals surface area contributed by atoms with Gasteiger partial charge in [0.15, 0.2) is 0 Å². The van der Waals surface area contributed by atoms with E-state index in [1.165, 1.54) is 0 Å². The first-order chi connectivity index (χ1) is 10.5. The average molecular weight is 338 g/mol. The van der Waals surface area contributed by atoms with E-state index >= 15 is 0 Å². The van der Waals surface area contributed by atoms with E-state index in [-0.39, 0.29) is 5.41 Å². The zero-order valence-corrected chi connectivity index (χ0v) is 13.9. The minimum atomic E-state index is -2.57. The first kappa shape index (κ1) is 15.7. The van der Waals surface area contributed by atoms with Gasteiger partial charge in [-0.25, -0.2) is 4.31 Å². The zero-order valence-electron chi connectivity index (χ0n) is 12.1. The van der Waals surface area contributed by atoms with Crippen molar-refractivity contribution in [3.63, 3.8) is 0 Å². The Morgan fingerprint density at radius 3 is 1.82 bits per heavy atom. The fourth-order valence-corrected chi connectivity index (χ4v) is 3.96. The van der Waals surface area contributed by atoms with E-state index in [0.29, 0.717) is 11.5 Å². The van der Waals surface area contributed by atoms with E-state index in [4.69, 9.17) is 23.1 Å². The van der Waals surface area contributed by atoms with Crippen LogP contribution in [0.1, 0.15) is 25.0 Å². The van der Waals surface area contributed by atoms with Crippen molar-refractivity contribution >= 4 is 17.2 Å². The number of rotatable bonds is 2. The van der Waals surface area contributed by atoms with Crippen molar-refractivity contribution in [2.24, 2.45) is 0 Å². The Morgan fingerprint density at radius 1 is 0.909 bits per heavy atom. The molecule has 0 radical (unpaired) electrons. The van der Waals surface area contributed by atoms with Crippen LogP contribution in [0.2, 0.25) is 0 Å². The molecule has 0 unspecified atom stereocenters. The second-order valence-electron chi connectivity index (χ2n) is 5.36. The highest BCUT2D eigenvalue weighted by Gasteiger charge is 2.35. The van der Waals surface area contributed by atoms with Gasteiger partial charge in [0, 0.05) is 16.5 Å². The standard InChI is InChI=1S/C15H16O5P2/c1-15(2)11-7-3-5-9-13(11)18-22(20-21(16)17)19-14-10-6-4-8-12(14)15/h3-10,16-17H,1-2H3. The van der Waals surface area contributed by atoms with Crippen molar-refractivity contribution < 1.29 is 23.1 Å². The second-order valence-corrected chi connectivity index (χ2v) is 7.33. The molecule has 22 heavy (non-hydrogen) atoms. The van der Waals surface area contributed by atoms with E-state index in [0.717, 1.165) is 11.1 Å².